The zero-order valence-electron chi connectivity index (χ0n) is 41.7. The molecule has 0 N–H and O–H groups in total. The van der Waals surface area contributed by atoms with Crippen molar-refractivity contribution in [3.63, 3.8) is 0 Å². The van der Waals surface area contributed by atoms with Crippen LogP contribution in [-0.2, 0) is 19.3 Å². The molecule has 0 heteroatoms. The summed E-state index contributed by atoms with van der Waals surface area (Å²) < 4.78 is 0. The highest BCUT2D eigenvalue weighted by Crippen LogP contribution is 2.38. The van der Waals surface area contributed by atoms with Gasteiger partial charge in [0.25, 0.3) is 0 Å². The molecule has 0 bridgehead atoms. The van der Waals surface area contributed by atoms with Crippen LogP contribution in [0.4, 0.5) is 0 Å². The van der Waals surface area contributed by atoms with E-state index in [1.165, 1.54) is 295 Å². The number of benzene rings is 2. The number of hydrogen-bond donors (Lipinski definition) is 0. The SMILES string of the molecule is CCCCCCCCCCCCCCCCCCCCCCCCc1ccc2c(c1)-c1cc(CCCCCCCCCCCCCCCCCCCCCCCC)ccc1C2. The van der Waals surface area contributed by atoms with Crippen LogP contribution in [0.5, 0.6) is 0 Å². The molecule has 2 aromatic rings. The molecule has 0 aromatic heterocycles. The smallest absolute Gasteiger partial charge is 0.00134 e. The van der Waals surface area contributed by atoms with Crippen LogP contribution in [-0.4, -0.2) is 0 Å². The van der Waals surface area contributed by atoms with E-state index in [-0.39, 0.29) is 0 Å². The van der Waals surface area contributed by atoms with Crippen LogP contribution in [0, 0.1) is 0 Å². The second kappa shape index (κ2) is 40.0. The molecule has 0 fully saturated rings. The molecule has 1 aliphatic rings. The van der Waals surface area contributed by atoms with Gasteiger partial charge in [-0.1, -0.05) is 320 Å². The lowest BCUT2D eigenvalue weighted by Gasteiger charge is -2.08. The molecule has 0 saturated heterocycles. The van der Waals surface area contributed by atoms with Crippen LogP contribution in [0.15, 0.2) is 36.4 Å². The molecule has 1 aliphatic carbocycles. The van der Waals surface area contributed by atoms with E-state index in [9.17, 15) is 0 Å². The van der Waals surface area contributed by atoms with Crippen molar-refractivity contribution in [2.24, 2.45) is 0 Å². The second-order valence-corrected chi connectivity index (χ2v) is 20.5. The van der Waals surface area contributed by atoms with Crippen molar-refractivity contribution in [1.82, 2.24) is 0 Å². The Morgan fingerprint density at radius 2 is 0.443 bits per heavy atom. The van der Waals surface area contributed by atoms with E-state index in [0.29, 0.717) is 0 Å². The zero-order chi connectivity index (χ0) is 42.9. The molecule has 0 nitrogen and oxygen atoms in total. The van der Waals surface area contributed by atoms with Gasteiger partial charge in [0.2, 0.25) is 0 Å². The van der Waals surface area contributed by atoms with E-state index in [0.717, 1.165) is 6.42 Å². The first-order valence-corrected chi connectivity index (χ1v) is 28.6. The van der Waals surface area contributed by atoms with Gasteiger partial charge in [0.05, 0.1) is 0 Å². The predicted molar refractivity (Wildman–Crippen MR) is 277 cm³/mol. The quantitative estimate of drug-likeness (QED) is 0.0497. The van der Waals surface area contributed by atoms with Crippen molar-refractivity contribution in [3.05, 3.63) is 58.7 Å². The third-order valence-electron chi connectivity index (χ3n) is 14.7. The molecule has 61 heavy (non-hydrogen) atoms. The van der Waals surface area contributed by atoms with Crippen molar-refractivity contribution in [3.8, 4) is 11.1 Å². The highest BCUT2D eigenvalue weighted by atomic mass is 14.2. The van der Waals surface area contributed by atoms with Gasteiger partial charge in [-0.3, -0.25) is 0 Å². The van der Waals surface area contributed by atoms with Crippen molar-refractivity contribution < 1.29 is 0 Å². The topological polar surface area (TPSA) is 0 Å². The zero-order valence-corrected chi connectivity index (χ0v) is 41.7. The van der Waals surface area contributed by atoms with Gasteiger partial charge >= 0.3 is 0 Å². The first kappa shape index (κ1) is 53.8. The lowest BCUT2D eigenvalue weighted by atomic mass is 9.97. The number of hydrogen-bond acceptors (Lipinski definition) is 0. The summed E-state index contributed by atoms with van der Waals surface area (Å²) in [6.45, 7) is 4.62. The fourth-order valence-corrected chi connectivity index (χ4v) is 10.4. The van der Waals surface area contributed by atoms with E-state index >= 15 is 0 Å². The van der Waals surface area contributed by atoms with Gasteiger partial charge in [-0.25, -0.2) is 0 Å². The van der Waals surface area contributed by atoms with E-state index in [1.807, 2.05) is 0 Å². The van der Waals surface area contributed by atoms with Crippen LogP contribution >= 0.6 is 0 Å². The molecule has 3 rings (SSSR count). The van der Waals surface area contributed by atoms with Gasteiger partial charge in [-0.2, -0.15) is 0 Å². The Kier molecular flexibility index (Phi) is 35.3. The molecular weight excluding hydrogens is 733 g/mol. The maximum atomic E-state index is 2.56. The average molecular weight is 840 g/mol. The lowest BCUT2D eigenvalue weighted by molar-refractivity contribution is 0.519. The Bertz CT molecular complexity index is 1140. The van der Waals surface area contributed by atoms with Gasteiger partial charge in [0, 0.05) is 0 Å². The van der Waals surface area contributed by atoms with Crippen molar-refractivity contribution >= 4 is 0 Å². The minimum atomic E-state index is 1.13. The van der Waals surface area contributed by atoms with E-state index in [2.05, 4.69) is 50.2 Å². The molecule has 0 radical (unpaired) electrons. The summed E-state index contributed by atoms with van der Waals surface area (Å²) in [6, 6.07) is 14.9. The first-order valence-electron chi connectivity index (χ1n) is 28.6. The van der Waals surface area contributed by atoms with Gasteiger partial charge < -0.3 is 0 Å². The van der Waals surface area contributed by atoms with Crippen molar-refractivity contribution in [1.29, 1.82) is 0 Å². The fraction of sp³-hybridized carbons (Fsp3) is 0.803. The molecule has 0 atom stereocenters. The number of rotatable bonds is 46. The molecule has 2 aromatic carbocycles. The second-order valence-electron chi connectivity index (χ2n) is 20.5. The molecule has 0 unspecified atom stereocenters. The lowest BCUT2D eigenvalue weighted by Crippen LogP contribution is -1.90. The van der Waals surface area contributed by atoms with Crippen LogP contribution in [0.2, 0.25) is 0 Å². The summed E-state index contributed by atoms with van der Waals surface area (Å²) in [4.78, 5) is 0. The summed E-state index contributed by atoms with van der Waals surface area (Å²) in [6.07, 6.45) is 67.7. The molecule has 0 amide bonds. The van der Waals surface area contributed by atoms with Crippen LogP contribution in [0.25, 0.3) is 11.1 Å². The molecule has 0 spiro atoms. The summed E-state index contributed by atoms with van der Waals surface area (Å²) in [5.74, 6) is 0. The van der Waals surface area contributed by atoms with Gasteiger partial charge in [-0.05, 0) is 65.5 Å². The van der Waals surface area contributed by atoms with Crippen molar-refractivity contribution in [2.75, 3.05) is 0 Å². The maximum absolute atomic E-state index is 2.56. The minimum Gasteiger partial charge on any atom is -0.0654 e. The number of aryl methyl sites for hydroxylation is 2. The maximum Gasteiger partial charge on any atom is -0.00134 e. The Hall–Kier alpha value is -1.56. The Morgan fingerprint density at radius 1 is 0.246 bits per heavy atom. The minimum absolute atomic E-state index is 1.13. The molecule has 0 saturated carbocycles. The average Bonchev–Trinajstić information content (AvgIpc) is 3.64. The third kappa shape index (κ3) is 28.8. The highest BCUT2D eigenvalue weighted by molar-refractivity contribution is 5.77. The summed E-state index contributed by atoms with van der Waals surface area (Å²) >= 11 is 0. The Balaban J connectivity index is 1.08. The number of fused-ring (bicyclic) bond motifs is 3. The molecule has 0 heterocycles. The molecule has 350 valence electrons. The standard InChI is InChI=1S/C61H106/c1-3-5-7-9-11-13-15-17-19-21-23-25-27-29-31-33-35-37-39-41-43-45-47-56-49-51-58-55-59-52-50-57(54-61(59)60(58)53-56)48-46-44-42-40-38-36-34-32-30-28-26-24-22-20-18-16-14-12-10-8-6-4-2/h49-54H,3-48,55H2,1-2H3. The largest absolute Gasteiger partial charge is 0.0654 e. The van der Waals surface area contributed by atoms with Crippen molar-refractivity contribution in [2.45, 2.75) is 316 Å². The van der Waals surface area contributed by atoms with Crippen LogP contribution < -0.4 is 0 Å². The first-order chi connectivity index (χ1) is 30.3. The van der Waals surface area contributed by atoms with E-state index < -0.39 is 0 Å². The monoisotopic (exact) mass is 839 g/mol. The summed E-state index contributed by atoms with van der Waals surface area (Å²) in [5.41, 5.74) is 9.31. The fourth-order valence-electron chi connectivity index (χ4n) is 10.4. The predicted octanol–water partition coefficient (Wildman–Crippen LogP) is 21.5. The van der Waals surface area contributed by atoms with Crippen LogP contribution in [0.3, 0.4) is 0 Å². The summed E-state index contributed by atoms with van der Waals surface area (Å²) in [5, 5.41) is 0. The normalized spacial score (nSPS) is 12.1. The van der Waals surface area contributed by atoms with Gasteiger partial charge in [0.1, 0.15) is 0 Å². The third-order valence-corrected chi connectivity index (χ3v) is 14.7. The Morgan fingerprint density at radius 3 is 0.656 bits per heavy atom. The molecular formula is C61H106. The van der Waals surface area contributed by atoms with Crippen LogP contribution in [0.1, 0.15) is 319 Å². The van der Waals surface area contributed by atoms with E-state index in [1.54, 1.807) is 33.4 Å². The van der Waals surface area contributed by atoms with Gasteiger partial charge in [0.15, 0.2) is 0 Å². The number of unbranched alkanes of at least 4 members (excludes halogenated alkanes) is 42. The summed E-state index contributed by atoms with van der Waals surface area (Å²) in [7, 11) is 0. The van der Waals surface area contributed by atoms with Gasteiger partial charge in [-0.15, -0.1) is 0 Å². The highest BCUT2D eigenvalue weighted by Gasteiger charge is 2.19. The Labute approximate surface area is 383 Å². The van der Waals surface area contributed by atoms with E-state index in [4.69, 9.17) is 0 Å². The molecule has 0 aliphatic heterocycles.